The second-order valence-corrected chi connectivity index (χ2v) is 8.21. The van der Waals surface area contributed by atoms with Crippen LogP contribution in [0.1, 0.15) is 16.1 Å². The molecule has 0 fully saturated rings. The highest BCUT2D eigenvalue weighted by Crippen LogP contribution is 2.30. The van der Waals surface area contributed by atoms with Crippen LogP contribution in [0.5, 0.6) is 11.5 Å². The standard InChI is InChI=1S/C22H18N2O5S/c1-28-16-10-11-18(20(14-16)29-2)21(25)19-13-15-7-6-12-23-22(15)24(19)30(26,27)17-8-4-3-5-9-17/h3-14H,1-2H3. The normalized spacial score (nSPS) is 11.4. The Hall–Kier alpha value is -3.65. The average Bonchev–Trinajstić information content (AvgIpc) is 3.19. The Morgan fingerprint density at radius 1 is 0.933 bits per heavy atom. The summed E-state index contributed by atoms with van der Waals surface area (Å²) in [5.74, 6) is 0.288. The van der Waals surface area contributed by atoms with Crippen LogP contribution in [0.15, 0.2) is 77.8 Å². The molecule has 2 aromatic heterocycles. The zero-order valence-electron chi connectivity index (χ0n) is 16.3. The van der Waals surface area contributed by atoms with Crippen molar-refractivity contribution in [1.29, 1.82) is 0 Å². The summed E-state index contributed by atoms with van der Waals surface area (Å²) in [7, 11) is -1.13. The Balaban J connectivity index is 1.97. The number of ketones is 1. The zero-order valence-corrected chi connectivity index (χ0v) is 17.1. The van der Waals surface area contributed by atoms with Gasteiger partial charge in [-0.25, -0.2) is 17.4 Å². The van der Waals surface area contributed by atoms with Gasteiger partial charge in [0.25, 0.3) is 10.0 Å². The first-order valence-electron chi connectivity index (χ1n) is 9.01. The fourth-order valence-corrected chi connectivity index (χ4v) is 4.72. The number of benzene rings is 2. The van der Waals surface area contributed by atoms with E-state index in [4.69, 9.17) is 9.47 Å². The topological polar surface area (TPSA) is 87.5 Å². The van der Waals surface area contributed by atoms with Gasteiger partial charge in [-0.2, -0.15) is 0 Å². The molecule has 0 aliphatic heterocycles. The van der Waals surface area contributed by atoms with Crippen LogP contribution in [0.2, 0.25) is 0 Å². The van der Waals surface area contributed by atoms with E-state index in [-0.39, 0.29) is 27.5 Å². The van der Waals surface area contributed by atoms with Gasteiger partial charge >= 0.3 is 0 Å². The maximum absolute atomic E-state index is 13.5. The van der Waals surface area contributed by atoms with Crippen LogP contribution < -0.4 is 9.47 Å². The lowest BCUT2D eigenvalue weighted by Crippen LogP contribution is -2.19. The third-order valence-electron chi connectivity index (χ3n) is 4.69. The van der Waals surface area contributed by atoms with Crippen LogP contribution in [-0.4, -0.2) is 37.4 Å². The summed E-state index contributed by atoms with van der Waals surface area (Å²) in [6.45, 7) is 0. The average molecular weight is 422 g/mol. The molecular weight excluding hydrogens is 404 g/mol. The Bertz CT molecular complexity index is 1340. The number of carbonyl (C=O) groups is 1. The number of rotatable bonds is 6. The summed E-state index contributed by atoms with van der Waals surface area (Å²) in [4.78, 5) is 17.7. The van der Waals surface area contributed by atoms with Crippen molar-refractivity contribution in [2.75, 3.05) is 14.2 Å². The lowest BCUT2D eigenvalue weighted by Gasteiger charge is -2.13. The van der Waals surface area contributed by atoms with Gasteiger partial charge < -0.3 is 9.47 Å². The molecule has 0 saturated heterocycles. The van der Waals surface area contributed by atoms with Crippen molar-refractivity contribution < 1.29 is 22.7 Å². The second-order valence-electron chi connectivity index (χ2n) is 6.42. The van der Waals surface area contributed by atoms with Gasteiger partial charge in [-0.1, -0.05) is 18.2 Å². The molecule has 0 aliphatic rings. The molecule has 0 aliphatic carbocycles. The molecule has 2 heterocycles. The first-order valence-corrected chi connectivity index (χ1v) is 10.4. The summed E-state index contributed by atoms with van der Waals surface area (Å²) in [6.07, 6.45) is 1.49. The highest BCUT2D eigenvalue weighted by Gasteiger charge is 2.29. The molecule has 0 unspecified atom stereocenters. The van der Waals surface area contributed by atoms with Gasteiger partial charge in [-0.15, -0.1) is 0 Å². The van der Waals surface area contributed by atoms with E-state index in [9.17, 15) is 13.2 Å². The summed E-state index contributed by atoms with van der Waals surface area (Å²) in [6, 6.07) is 17.6. The Kier molecular flexibility index (Phi) is 5.01. The van der Waals surface area contributed by atoms with Crippen LogP contribution in [0, 0.1) is 0 Å². The first kappa shape index (κ1) is 19.7. The Morgan fingerprint density at radius 2 is 1.70 bits per heavy atom. The van der Waals surface area contributed by atoms with Crippen molar-refractivity contribution in [1.82, 2.24) is 8.96 Å². The van der Waals surface area contributed by atoms with Crippen molar-refractivity contribution in [2.24, 2.45) is 0 Å². The number of nitrogens with zero attached hydrogens (tertiary/aromatic N) is 2. The molecule has 0 spiro atoms. The number of hydrogen-bond acceptors (Lipinski definition) is 6. The maximum Gasteiger partial charge on any atom is 0.270 e. The van der Waals surface area contributed by atoms with E-state index in [1.807, 2.05) is 0 Å². The molecular formula is C22H18N2O5S. The molecule has 0 radical (unpaired) electrons. The Morgan fingerprint density at radius 3 is 2.40 bits per heavy atom. The molecule has 0 atom stereocenters. The molecule has 7 nitrogen and oxygen atoms in total. The summed E-state index contributed by atoms with van der Waals surface area (Å²) in [5, 5.41) is 0.535. The van der Waals surface area contributed by atoms with Crippen molar-refractivity contribution in [3.05, 3.63) is 84.2 Å². The molecule has 0 bridgehead atoms. The molecule has 8 heteroatoms. The fraction of sp³-hybridized carbons (Fsp3) is 0.0909. The number of ether oxygens (including phenoxy) is 2. The number of carbonyl (C=O) groups excluding carboxylic acids is 1. The molecule has 0 saturated carbocycles. The minimum atomic E-state index is -4.07. The van der Waals surface area contributed by atoms with Crippen LogP contribution in [0.3, 0.4) is 0 Å². The zero-order chi connectivity index (χ0) is 21.3. The van der Waals surface area contributed by atoms with Gasteiger partial charge in [-0.05, 0) is 42.5 Å². The highest BCUT2D eigenvalue weighted by atomic mass is 32.2. The quantitative estimate of drug-likeness (QED) is 0.442. The van der Waals surface area contributed by atoms with E-state index in [1.165, 1.54) is 38.6 Å². The minimum absolute atomic E-state index is 0.0315. The maximum atomic E-state index is 13.5. The fourth-order valence-electron chi connectivity index (χ4n) is 3.23. The van der Waals surface area contributed by atoms with Crippen LogP contribution in [0.25, 0.3) is 11.0 Å². The summed E-state index contributed by atoms with van der Waals surface area (Å²) < 4.78 is 38.4. The van der Waals surface area contributed by atoms with E-state index < -0.39 is 15.8 Å². The lowest BCUT2D eigenvalue weighted by molar-refractivity contribution is 0.103. The molecule has 2 aromatic carbocycles. The van der Waals surface area contributed by atoms with Crippen molar-refractivity contribution in [3.8, 4) is 11.5 Å². The van der Waals surface area contributed by atoms with Gasteiger partial charge in [0.15, 0.2) is 5.65 Å². The third-order valence-corrected chi connectivity index (χ3v) is 6.41. The highest BCUT2D eigenvalue weighted by molar-refractivity contribution is 7.90. The predicted molar refractivity (Wildman–Crippen MR) is 112 cm³/mol. The predicted octanol–water partition coefficient (Wildman–Crippen LogP) is 3.52. The van der Waals surface area contributed by atoms with E-state index in [0.717, 1.165) is 3.97 Å². The van der Waals surface area contributed by atoms with Crippen LogP contribution in [-0.2, 0) is 10.0 Å². The molecule has 0 amide bonds. The van der Waals surface area contributed by atoms with Crippen LogP contribution >= 0.6 is 0 Å². The number of hydrogen-bond donors (Lipinski definition) is 0. The number of aromatic nitrogens is 2. The summed E-state index contributed by atoms with van der Waals surface area (Å²) >= 11 is 0. The minimum Gasteiger partial charge on any atom is -0.497 e. The van der Waals surface area contributed by atoms with Gasteiger partial charge in [0, 0.05) is 17.6 Å². The first-order chi connectivity index (χ1) is 14.5. The van der Waals surface area contributed by atoms with Crippen molar-refractivity contribution >= 4 is 26.8 Å². The summed E-state index contributed by atoms with van der Waals surface area (Å²) in [5.41, 5.74) is 0.360. The Labute approximate surface area is 173 Å². The third kappa shape index (κ3) is 3.21. The van der Waals surface area contributed by atoms with E-state index >= 15 is 0 Å². The number of fused-ring (bicyclic) bond motifs is 1. The molecule has 152 valence electrons. The molecule has 4 rings (SSSR count). The van der Waals surface area contributed by atoms with E-state index in [0.29, 0.717) is 11.1 Å². The monoisotopic (exact) mass is 422 g/mol. The van der Waals surface area contributed by atoms with Crippen LogP contribution in [0.4, 0.5) is 0 Å². The van der Waals surface area contributed by atoms with E-state index in [1.54, 1.807) is 48.5 Å². The smallest absolute Gasteiger partial charge is 0.270 e. The van der Waals surface area contributed by atoms with Gasteiger partial charge in [0.1, 0.15) is 17.2 Å². The largest absolute Gasteiger partial charge is 0.497 e. The van der Waals surface area contributed by atoms with Crippen molar-refractivity contribution in [2.45, 2.75) is 4.90 Å². The van der Waals surface area contributed by atoms with Gasteiger partial charge in [0.05, 0.1) is 24.7 Å². The number of methoxy groups -OCH3 is 2. The SMILES string of the molecule is COc1ccc(C(=O)c2cc3cccnc3n2S(=O)(=O)c2ccccc2)c(OC)c1. The van der Waals surface area contributed by atoms with Crippen molar-refractivity contribution in [3.63, 3.8) is 0 Å². The van der Waals surface area contributed by atoms with E-state index in [2.05, 4.69) is 4.98 Å². The second kappa shape index (κ2) is 7.64. The molecule has 30 heavy (non-hydrogen) atoms. The van der Waals surface area contributed by atoms with Gasteiger partial charge in [-0.3, -0.25) is 4.79 Å². The lowest BCUT2D eigenvalue weighted by atomic mass is 10.1. The van der Waals surface area contributed by atoms with Gasteiger partial charge in [0.2, 0.25) is 5.78 Å². The number of pyridine rings is 1. The molecule has 0 N–H and O–H groups in total. The molecule has 4 aromatic rings.